The van der Waals surface area contributed by atoms with Gasteiger partial charge in [-0.05, 0) is 50.5 Å². The van der Waals surface area contributed by atoms with E-state index >= 15 is 0 Å². The van der Waals surface area contributed by atoms with Crippen LogP contribution in [0, 0.1) is 20.8 Å². The number of benzene rings is 1. The van der Waals surface area contributed by atoms with Crippen molar-refractivity contribution in [3.8, 4) is 11.6 Å². The van der Waals surface area contributed by atoms with Crippen molar-refractivity contribution in [3.63, 3.8) is 0 Å². The average molecular weight is 256 g/mol. The Balaban J connectivity index is 2.45. The van der Waals surface area contributed by atoms with Gasteiger partial charge >= 0.3 is 0 Å². The molecular formula is C16H20N2O. The number of nitrogens with two attached hydrogens (primary N) is 1. The summed E-state index contributed by atoms with van der Waals surface area (Å²) in [6.07, 6.45) is 1.72. The summed E-state index contributed by atoms with van der Waals surface area (Å²) in [6.45, 7) is 8.11. The fourth-order valence-electron chi connectivity index (χ4n) is 2.01. The van der Waals surface area contributed by atoms with E-state index in [0.29, 0.717) is 5.88 Å². The Morgan fingerprint density at radius 3 is 2.47 bits per heavy atom. The zero-order valence-electron chi connectivity index (χ0n) is 11.9. The highest BCUT2D eigenvalue weighted by Gasteiger charge is 2.13. The number of rotatable bonds is 3. The van der Waals surface area contributed by atoms with E-state index in [9.17, 15) is 0 Å². The Bertz CT molecular complexity index is 591. The van der Waals surface area contributed by atoms with Gasteiger partial charge < -0.3 is 10.5 Å². The van der Waals surface area contributed by atoms with E-state index < -0.39 is 0 Å². The molecule has 3 nitrogen and oxygen atoms in total. The summed E-state index contributed by atoms with van der Waals surface area (Å²) < 4.78 is 6.02. The van der Waals surface area contributed by atoms with Gasteiger partial charge in [-0.2, -0.15) is 0 Å². The first-order valence-electron chi connectivity index (χ1n) is 6.46. The molecule has 0 aliphatic heterocycles. The van der Waals surface area contributed by atoms with E-state index in [2.05, 4.69) is 31.0 Å². The monoisotopic (exact) mass is 256 g/mol. The molecule has 2 aromatic rings. The van der Waals surface area contributed by atoms with Gasteiger partial charge in [0.25, 0.3) is 0 Å². The Morgan fingerprint density at radius 2 is 1.79 bits per heavy atom. The van der Waals surface area contributed by atoms with Crippen molar-refractivity contribution in [1.82, 2.24) is 4.98 Å². The molecule has 0 aliphatic rings. The second-order valence-corrected chi connectivity index (χ2v) is 4.94. The zero-order valence-corrected chi connectivity index (χ0v) is 11.9. The molecule has 1 aromatic heterocycles. The molecule has 0 fully saturated rings. The quantitative estimate of drug-likeness (QED) is 0.908. The van der Waals surface area contributed by atoms with Gasteiger partial charge in [0, 0.05) is 17.8 Å². The average Bonchev–Trinajstić information content (AvgIpc) is 2.39. The van der Waals surface area contributed by atoms with Crippen LogP contribution in [0.4, 0.5) is 0 Å². The molecule has 100 valence electrons. The van der Waals surface area contributed by atoms with Crippen LogP contribution >= 0.6 is 0 Å². The van der Waals surface area contributed by atoms with Crippen LogP contribution < -0.4 is 10.5 Å². The molecule has 1 atom stereocenters. The summed E-state index contributed by atoms with van der Waals surface area (Å²) in [6, 6.07) is 7.89. The predicted octanol–water partition coefficient (Wildman–Crippen LogP) is 3.82. The van der Waals surface area contributed by atoms with Crippen LogP contribution in [-0.2, 0) is 0 Å². The lowest BCUT2D eigenvalue weighted by molar-refractivity contribution is 0.445. The third-order valence-corrected chi connectivity index (χ3v) is 3.36. The molecule has 1 aromatic carbocycles. The molecule has 2 rings (SSSR count). The minimum atomic E-state index is -0.103. The summed E-state index contributed by atoms with van der Waals surface area (Å²) >= 11 is 0. The van der Waals surface area contributed by atoms with Gasteiger partial charge in [0.05, 0.1) is 0 Å². The molecule has 0 bridgehead atoms. The third kappa shape index (κ3) is 2.76. The van der Waals surface area contributed by atoms with Crippen molar-refractivity contribution >= 4 is 0 Å². The topological polar surface area (TPSA) is 48.1 Å². The fraction of sp³-hybridized carbons (Fsp3) is 0.312. The van der Waals surface area contributed by atoms with E-state index in [0.717, 1.165) is 22.4 Å². The molecular weight excluding hydrogens is 236 g/mol. The molecule has 0 spiro atoms. The normalized spacial score (nSPS) is 12.3. The van der Waals surface area contributed by atoms with Gasteiger partial charge in [-0.3, -0.25) is 0 Å². The maximum absolute atomic E-state index is 6.02. The van der Waals surface area contributed by atoms with Crippen molar-refractivity contribution < 1.29 is 4.74 Å². The van der Waals surface area contributed by atoms with Crippen LogP contribution in [0.15, 0.2) is 30.5 Å². The van der Waals surface area contributed by atoms with Crippen LogP contribution in [0.25, 0.3) is 0 Å². The van der Waals surface area contributed by atoms with E-state index in [1.165, 1.54) is 5.56 Å². The Hall–Kier alpha value is -1.87. The van der Waals surface area contributed by atoms with Crippen molar-refractivity contribution in [2.75, 3.05) is 0 Å². The lowest BCUT2D eigenvalue weighted by atomic mass is 10.1. The summed E-state index contributed by atoms with van der Waals surface area (Å²) in [5, 5.41) is 0. The second kappa shape index (κ2) is 5.41. The van der Waals surface area contributed by atoms with E-state index in [-0.39, 0.29) is 6.04 Å². The maximum atomic E-state index is 6.02. The van der Waals surface area contributed by atoms with Gasteiger partial charge in [0.15, 0.2) is 0 Å². The summed E-state index contributed by atoms with van der Waals surface area (Å²) in [4.78, 5) is 4.30. The first-order chi connectivity index (χ1) is 9.00. The van der Waals surface area contributed by atoms with Gasteiger partial charge in [0.1, 0.15) is 5.75 Å². The highest BCUT2D eigenvalue weighted by atomic mass is 16.5. The van der Waals surface area contributed by atoms with Gasteiger partial charge in [-0.25, -0.2) is 4.98 Å². The molecule has 1 unspecified atom stereocenters. The zero-order chi connectivity index (χ0) is 14.0. The Labute approximate surface area is 114 Å². The number of pyridine rings is 1. The third-order valence-electron chi connectivity index (χ3n) is 3.36. The molecule has 19 heavy (non-hydrogen) atoms. The van der Waals surface area contributed by atoms with E-state index in [1.54, 1.807) is 6.20 Å². The fourth-order valence-corrected chi connectivity index (χ4v) is 2.01. The second-order valence-electron chi connectivity index (χ2n) is 4.94. The molecule has 1 heterocycles. The number of nitrogens with zero attached hydrogens (tertiary/aromatic N) is 1. The van der Waals surface area contributed by atoms with Crippen molar-refractivity contribution in [3.05, 3.63) is 52.7 Å². The smallest absolute Gasteiger partial charge is 0.223 e. The first kappa shape index (κ1) is 13.6. The number of hydrogen-bond acceptors (Lipinski definition) is 3. The Kier molecular flexibility index (Phi) is 3.86. The van der Waals surface area contributed by atoms with Crippen LogP contribution in [-0.4, -0.2) is 4.98 Å². The van der Waals surface area contributed by atoms with Crippen LogP contribution in [0.2, 0.25) is 0 Å². The van der Waals surface area contributed by atoms with Crippen LogP contribution in [0.1, 0.15) is 35.2 Å². The summed E-state index contributed by atoms with van der Waals surface area (Å²) in [5.74, 6) is 1.47. The van der Waals surface area contributed by atoms with Gasteiger partial charge in [-0.1, -0.05) is 18.2 Å². The van der Waals surface area contributed by atoms with Crippen molar-refractivity contribution in [2.45, 2.75) is 33.7 Å². The Morgan fingerprint density at radius 1 is 1.11 bits per heavy atom. The summed E-state index contributed by atoms with van der Waals surface area (Å²) in [7, 11) is 0. The lowest BCUT2D eigenvalue weighted by Gasteiger charge is -2.16. The highest BCUT2D eigenvalue weighted by Crippen LogP contribution is 2.32. The number of hydrogen-bond donors (Lipinski definition) is 1. The van der Waals surface area contributed by atoms with Crippen molar-refractivity contribution in [2.24, 2.45) is 5.73 Å². The number of aryl methyl sites for hydroxylation is 2. The van der Waals surface area contributed by atoms with Gasteiger partial charge in [0.2, 0.25) is 5.88 Å². The standard InChI is InChI=1S/C16H20N2O/c1-10-7-8-11(2)15(12(10)3)19-16-14(13(4)17)6-5-9-18-16/h5-9,13H,17H2,1-4H3. The van der Waals surface area contributed by atoms with Crippen LogP contribution in [0.3, 0.4) is 0 Å². The maximum Gasteiger partial charge on any atom is 0.223 e. The van der Waals surface area contributed by atoms with Crippen molar-refractivity contribution in [1.29, 1.82) is 0 Å². The largest absolute Gasteiger partial charge is 0.438 e. The minimum absolute atomic E-state index is 0.103. The minimum Gasteiger partial charge on any atom is -0.438 e. The molecule has 0 amide bonds. The molecule has 0 saturated heterocycles. The number of aromatic nitrogens is 1. The molecule has 2 N–H and O–H groups in total. The SMILES string of the molecule is Cc1ccc(C)c(Oc2ncccc2C(C)N)c1C. The number of ether oxygens (including phenoxy) is 1. The first-order valence-corrected chi connectivity index (χ1v) is 6.46. The highest BCUT2D eigenvalue weighted by molar-refractivity contribution is 5.47. The molecule has 0 aliphatic carbocycles. The van der Waals surface area contributed by atoms with Crippen LogP contribution in [0.5, 0.6) is 11.6 Å². The molecule has 0 radical (unpaired) electrons. The summed E-state index contributed by atoms with van der Waals surface area (Å²) in [5.41, 5.74) is 10.3. The molecule has 0 saturated carbocycles. The lowest BCUT2D eigenvalue weighted by Crippen LogP contribution is -2.08. The predicted molar refractivity (Wildman–Crippen MR) is 77.6 cm³/mol. The van der Waals surface area contributed by atoms with E-state index in [1.807, 2.05) is 26.0 Å². The molecule has 3 heteroatoms. The van der Waals surface area contributed by atoms with Gasteiger partial charge in [-0.15, -0.1) is 0 Å². The van der Waals surface area contributed by atoms with E-state index in [4.69, 9.17) is 10.5 Å².